The van der Waals surface area contributed by atoms with Gasteiger partial charge >= 0.3 is 0 Å². The van der Waals surface area contributed by atoms with Crippen LogP contribution in [0.3, 0.4) is 0 Å². The highest BCUT2D eigenvalue weighted by Crippen LogP contribution is 2.28. The second-order valence-corrected chi connectivity index (χ2v) is 10.5. The van der Waals surface area contributed by atoms with Gasteiger partial charge in [-0.3, -0.25) is 9.69 Å². The number of nitrogens with zero attached hydrogens (tertiary/aromatic N) is 2. The molecule has 1 amide bonds. The molecule has 3 aromatic rings. The van der Waals surface area contributed by atoms with Gasteiger partial charge in [0.2, 0.25) is 11.8 Å². The number of amides is 1. The van der Waals surface area contributed by atoms with Crippen LogP contribution < -0.4 is 5.32 Å². The fraction of sp³-hybridized carbons (Fsp3) is 0.440. The molecule has 6 nitrogen and oxygen atoms in total. The third kappa shape index (κ3) is 6.26. The first-order chi connectivity index (χ1) is 15.3. The fourth-order valence-electron chi connectivity index (χ4n) is 3.82. The van der Waals surface area contributed by atoms with Crippen LogP contribution in [0.1, 0.15) is 56.4 Å². The van der Waals surface area contributed by atoms with E-state index in [-0.39, 0.29) is 11.3 Å². The molecule has 2 aromatic heterocycles. The molecule has 7 heteroatoms. The summed E-state index contributed by atoms with van der Waals surface area (Å²) in [5.74, 6) is 2.92. The SMILES string of the molecule is CC(C)(C)c1cnc(CSc2c[nH]c(NC(=O)Cc3cccc(CN4CCCC4)c3)c2)o1. The number of aromatic nitrogens is 2. The molecular weight excluding hydrogens is 420 g/mol. The first-order valence-corrected chi connectivity index (χ1v) is 12.2. The molecule has 0 aliphatic carbocycles. The third-order valence-corrected chi connectivity index (χ3v) is 6.51. The van der Waals surface area contributed by atoms with Gasteiger partial charge in [-0.15, -0.1) is 11.8 Å². The number of rotatable bonds is 8. The molecule has 1 saturated heterocycles. The largest absolute Gasteiger partial charge is 0.444 e. The quantitative estimate of drug-likeness (QED) is 0.450. The van der Waals surface area contributed by atoms with E-state index in [0.717, 1.165) is 22.8 Å². The lowest BCUT2D eigenvalue weighted by Gasteiger charge is -2.15. The Kier molecular flexibility index (Phi) is 7.06. The van der Waals surface area contributed by atoms with E-state index in [2.05, 4.69) is 53.1 Å². The van der Waals surface area contributed by atoms with Crippen molar-refractivity contribution in [3.8, 4) is 0 Å². The Morgan fingerprint density at radius 2 is 2.00 bits per heavy atom. The molecule has 0 radical (unpaired) electrons. The van der Waals surface area contributed by atoms with Crippen LogP contribution in [0, 0.1) is 0 Å². The summed E-state index contributed by atoms with van der Waals surface area (Å²) in [4.78, 5) is 23.6. The molecular formula is C25H32N4O2S. The van der Waals surface area contributed by atoms with Crippen LogP contribution in [0.2, 0.25) is 0 Å². The summed E-state index contributed by atoms with van der Waals surface area (Å²) in [6, 6.07) is 10.3. The molecule has 0 bridgehead atoms. The van der Waals surface area contributed by atoms with E-state index in [0.29, 0.717) is 23.9 Å². The van der Waals surface area contributed by atoms with Crippen molar-refractivity contribution in [2.45, 2.75) is 62.6 Å². The molecule has 1 aliphatic heterocycles. The van der Waals surface area contributed by atoms with Gasteiger partial charge in [-0.05, 0) is 43.1 Å². The van der Waals surface area contributed by atoms with Crippen LogP contribution in [0.4, 0.5) is 5.82 Å². The number of carbonyl (C=O) groups excluding carboxylic acids is 1. The Morgan fingerprint density at radius 1 is 1.22 bits per heavy atom. The van der Waals surface area contributed by atoms with Crippen molar-refractivity contribution in [1.82, 2.24) is 14.9 Å². The highest BCUT2D eigenvalue weighted by Gasteiger charge is 2.19. The maximum absolute atomic E-state index is 12.5. The van der Waals surface area contributed by atoms with E-state index in [4.69, 9.17) is 4.42 Å². The maximum Gasteiger partial charge on any atom is 0.229 e. The minimum absolute atomic E-state index is 0.0238. The van der Waals surface area contributed by atoms with Gasteiger partial charge in [-0.25, -0.2) is 4.98 Å². The van der Waals surface area contributed by atoms with Gasteiger partial charge in [0.1, 0.15) is 11.6 Å². The van der Waals surface area contributed by atoms with Crippen molar-refractivity contribution in [2.24, 2.45) is 0 Å². The predicted molar refractivity (Wildman–Crippen MR) is 129 cm³/mol. The smallest absolute Gasteiger partial charge is 0.229 e. The normalized spacial score (nSPS) is 14.7. The van der Waals surface area contributed by atoms with Crippen molar-refractivity contribution in [1.29, 1.82) is 0 Å². The van der Waals surface area contributed by atoms with Crippen molar-refractivity contribution >= 4 is 23.5 Å². The Hall–Kier alpha value is -2.51. The maximum atomic E-state index is 12.5. The number of benzene rings is 1. The first kappa shape index (κ1) is 22.7. The minimum atomic E-state index is -0.0465. The molecule has 3 heterocycles. The number of hydrogen-bond acceptors (Lipinski definition) is 5. The van der Waals surface area contributed by atoms with Crippen LogP contribution in [0.25, 0.3) is 0 Å². The Bertz CT molecular complexity index is 1040. The molecule has 1 aliphatic rings. The summed E-state index contributed by atoms with van der Waals surface area (Å²) in [5, 5.41) is 2.97. The molecule has 4 rings (SSSR count). The molecule has 1 aromatic carbocycles. The van der Waals surface area contributed by atoms with Gasteiger partial charge in [0.25, 0.3) is 0 Å². The lowest BCUT2D eigenvalue weighted by Crippen LogP contribution is -2.18. The van der Waals surface area contributed by atoms with Gasteiger partial charge in [-0.2, -0.15) is 0 Å². The summed E-state index contributed by atoms with van der Waals surface area (Å²) < 4.78 is 5.84. The van der Waals surface area contributed by atoms with Gasteiger partial charge in [0, 0.05) is 23.1 Å². The van der Waals surface area contributed by atoms with E-state index >= 15 is 0 Å². The van der Waals surface area contributed by atoms with E-state index in [1.807, 2.05) is 24.4 Å². The molecule has 0 spiro atoms. The van der Waals surface area contributed by atoms with Gasteiger partial charge in [0.05, 0.1) is 18.4 Å². The first-order valence-electron chi connectivity index (χ1n) is 11.2. The number of hydrogen-bond donors (Lipinski definition) is 2. The van der Waals surface area contributed by atoms with E-state index in [9.17, 15) is 4.79 Å². The van der Waals surface area contributed by atoms with Crippen LogP contribution in [-0.2, 0) is 28.9 Å². The van der Waals surface area contributed by atoms with Crippen LogP contribution in [-0.4, -0.2) is 33.9 Å². The second kappa shape index (κ2) is 9.96. The predicted octanol–water partition coefficient (Wildman–Crippen LogP) is 5.37. The average Bonchev–Trinajstić information content (AvgIpc) is 3.48. The topological polar surface area (TPSA) is 74.2 Å². The average molecular weight is 453 g/mol. The summed E-state index contributed by atoms with van der Waals surface area (Å²) >= 11 is 1.62. The minimum Gasteiger partial charge on any atom is -0.444 e. The van der Waals surface area contributed by atoms with Crippen LogP contribution in [0.5, 0.6) is 0 Å². The van der Waals surface area contributed by atoms with Gasteiger partial charge in [-0.1, -0.05) is 45.0 Å². The van der Waals surface area contributed by atoms with Crippen LogP contribution >= 0.6 is 11.8 Å². The number of oxazole rings is 1. The zero-order chi connectivity index (χ0) is 22.6. The molecule has 2 N–H and O–H groups in total. The van der Waals surface area contributed by atoms with Gasteiger partial charge in [0.15, 0.2) is 0 Å². The van der Waals surface area contributed by atoms with Crippen molar-refractivity contribution < 1.29 is 9.21 Å². The molecule has 0 saturated carbocycles. The number of likely N-dealkylation sites (tertiary alicyclic amines) is 1. The van der Waals surface area contributed by atoms with E-state index in [1.54, 1.807) is 18.0 Å². The zero-order valence-electron chi connectivity index (χ0n) is 19.1. The van der Waals surface area contributed by atoms with Gasteiger partial charge < -0.3 is 14.7 Å². The highest BCUT2D eigenvalue weighted by atomic mass is 32.2. The summed E-state index contributed by atoms with van der Waals surface area (Å²) in [6.45, 7) is 9.63. The van der Waals surface area contributed by atoms with Crippen molar-refractivity contribution in [2.75, 3.05) is 18.4 Å². The lowest BCUT2D eigenvalue weighted by atomic mass is 9.94. The Balaban J connectivity index is 1.27. The summed E-state index contributed by atoms with van der Waals surface area (Å²) in [7, 11) is 0. The summed E-state index contributed by atoms with van der Waals surface area (Å²) in [5.41, 5.74) is 2.27. The van der Waals surface area contributed by atoms with E-state index in [1.165, 1.54) is 31.5 Å². The molecule has 1 fully saturated rings. The molecule has 0 atom stereocenters. The lowest BCUT2D eigenvalue weighted by molar-refractivity contribution is -0.115. The fourth-order valence-corrected chi connectivity index (χ4v) is 4.58. The zero-order valence-corrected chi connectivity index (χ0v) is 19.9. The Labute approximate surface area is 194 Å². The Morgan fingerprint density at radius 3 is 2.75 bits per heavy atom. The molecule has 32 heavy (non-hydrogen) atoms. The number of aromatic amines is 1. The van der Waals surface area contributed by atoms with Crippen molar-refractivity contribution in [3.05, 3.63) is 65.5 Å². The molecule has 0 unspecified atom stereocenters. The van der Waals surface area contributed by atoms with Crippen molar-refractivity contribution in [3.63, 3.8) is 0 Å². The standard InChI is InChI=1S/C25H32N4O2S/c1-25(2,3)21-15-27-24(31-21)17-32-20-13-22(26-14-20)28-23(30)12-18-7-6-8-19(11-18)16-29-9-4-5-10-29/h6-8,11,13-15,26H,4-5,9-10,12,16-17H2,1-3H3,(H,28,30). The summed E-state index contributed by atoms with van der Waals surface area (Å²) in [6.07, 6.45) is 6.63. The van der Waals surface area contributed by atoms with E-state index < -0.39 is 0 Å². The van der Waals surface area contributed by atoms with Crippen LogP contribution in [0.15, 0.2) is 52.0 Å². The number of nitrogens with one attached hydrogen (secondary N) is 2. The number of carbonyl (C=O) groups is 1. The third-order valence-electron chi connectivity index (χ3n) is 5.55. The number of anilines is 1. The second-order valence-electron chi connectivity index (χ2n) is 9.43. The number of H-pyrrole nitrogens is 1. The molecule has 170 valence electrons. The highest BCUT2D eigenvalue weighted by molar-refractivity contribution is 7.98. The monoisotopic (exact) mass is 452 g/mol. The number of thioether (sulfide) groups is 1.